The first-order valence-electron chi connectivity index (χ1n) is 12.2. The van der Waals surface area contributed by atoms with Crippen molar-refractivity contribution < 1.29 is 39.9 Å². The highest BCUT2D eigenvalue weighted by Gasteiger charge is 2.14. The van der Waals surface area contributed by atoms with E-state index >= 15 is 0 Å². The number of aromatic hydroxyl groups is 4. The molecule has 0 aliphatic rings. The minimum Gasteiger partial charge on any atom is -0.507 e. The zero-order chi connectivity index (χ0) is 32.2. The molecule has 0 bridgehead atoms. The largest absolute Gasteiger partial charge is 0.507 e. The fourth-order valence-electron chi connectivity index (χ4n) is 3.32. The number of nitrogens with one attached hydrogen (secondary N) is 2. The van der Waals surface area contributed by atoms with Crippen molar-refractivity contribution in [3.05, 3.63) is 127 Å². The molecule has 0 spiro atoms. The van der Waals surface area contributed by atoms with Crippen LogP contribution in [0.4, 0.5) is 11.4 Å². The second-order valence-corrected chi connectivity index (χ2v) is 8.44. The van der Waals surface area contributed by atoms with Gasteiger partial charge < -0.3 is 20.4 Å². The van der Waals surface area contributed by atoms with Crippen LogP contribution in [0, 0.1) is 20.2 Å². The molecule has 6 N–H and O–H groups in total. The predicted octanol–water partition coefficient (Wildman–Crippen LogP) is 3.54. The van der Waals surface area contributed by atoms with E-state index in [4.69, 9.17) is 0 Å². The summed E-state index contributed by atoms with van der Waals surface area (Å²) in [5, 5.41) is 66.3. The zero-order valence-corrected chi connectivity index (χ0v) is 22.3. The van der Waals surface area contributed by atoms with Gasteiger partial charge in [-0.1, -0.05) is 24.3 Å². The Labute approximate surface area is 247 Å². The minimum absolute atomic E-state index is 0.0522. The van der Waals surface area contributed by atoms with Gasteiger partial charge in [-0.05, 0) is 48.5 Å². The van der Waals surface area contributed by atoms with Gasteiger partial charge in [0.15, 0.2) is 11.5 Å². The Bertz CT molecular complexity index is 1640. The molecule has 4 rings (SSSR count). The highest BCUT2D eigenvalue weighted by atomic mass is 16.6. The Balaban J connectivity index is 0.000000240. The van der Waals surface area contributed by atoms with Gasteiger partial charge in [-0.3, -0.25) is 29.8 Å². The number of amides is 2. The van der Waals surface area contributed by atoms with Crippen LogP contribution in [-0.2, 0) is 0 Å². The SMILES string of the molecule is O=C(N/N=C/c1ccc(O)c([N+](=O)[O-])c1)c1ccccc1O.O=C(N/N=C/c1ccc(O)c([N+](=O)[O-])c1)c1ccccc1O. The molecule has 0 fully saturated rings. The van der Waals surface area contributed by atoms with E-state index in [0.717, 1.165) is 24.3 Å². The minimum atomic E-state index is -0.729. The Morgan fingerprint density at radius 1 is 0.591 bits per heavy atom. The first-order chi connectivity index (χ1) is 21.0. The van der Waals surface area contributed by atoms with Crippen LogP contribution < -0.4 is 10.9 Å². The standard InChI is InChI=1S/2C14H11N3O5/c2*18-12-4-2-1-3-10(12)14(20)16-15-8-9-5-6-13(19)11(7-9)17(21)22/h2*1-8,18-19H,(H,16,20)/b2*15-8+. The molecule has 0 saturated heterocycles. The predicted molar refractivity (Wildman–Crippen MR) is 156 cm³/mol. The second-order valence-electron chi connectivity index (χ2n) is 8.44. The van der Waals surface area contributed by atoms with Crippen molar-refractivity contribution in [2.24, 2.45) is 10.2 Å². The fraction of sp³-hybridized carbons (Fsp3) is 0. The van der Waals surface area contributed by atoms with Crippen molar-refractivity contribution >= 4 is 35.6 Å². The molecule has 4 aromatic carbocycles. The molecule has 0 saturated carbocycles. The lowest BCUT2D eigenvalue weighted by atomic mass is 10.2. The van der Waals surface area contributed by atoms with Crippen LogP contribution in [0.2, 0.25) is 0 Å². The third-order valence-corrected chi connectivity index (χ3v) is 5.45. The van der Waals surface area contributed by atoms with E-state index in [1.807, 2.05) is 0 Å². The summed E-state index contributed by atoms with van der Waals surface area (Å²) in [6.07, 6.45) is 2.37. The topological polar surface area (TPSA) is 250 Å². The quantitative estimate of drug-likeness (QED) is 0.0971. The van der Waals surface area contributed by atoms with E-state index in [2.05, 4.69) is 21.1 Å². The Morgan fingerprint density at radius 2 is 0.955 bits per heavy atom. The third kappa shape index (κ3) is 8.58. The summed E-state index contributed by atoms with van der Waals surface area (Å²) in [7, 11) is 0. The number of nitro groups is 2. The van der Waals surface area contributed by atoms with Crippen LogP contribution in [0.5, 0.6) is 23.0 Å². The average Bonchev–Trinajstić information content (AvgIpc) is 2.99. The molecule has 0 atom stereocenters. The normalized spacial score (nSPS) is 10.5. The Kier molecular flexibility index (Phi) is 10.6. The number of nitrogens with zero attached hydrogens (tertiary/aromatic N) is 4. The van der Waals surface area contributed by atoms with Gasteiger partial charge in [0, 0.05) is 23.3 Å². The monoisotopic (exact) mass is 602 g/mol. The fourth-order valence-corrected chi connectivity index (χ4v) is 3.32. The van der Waals surface area contributed by atoms with Crippen molar-refractivity contribution in [2.45, 2.75) is 0 Å². The van der Waals surface area contributed by atoms with Crippen molar-refractivity contribution in [3.8, 4) is 23.0 Å². The Hall–Kier alpha value is -6.84. The number of rotatable bonds is 8. The maximum atomic E-state index is 11.8. The van der Waals surface area contributed by atoms with Gasteiger partial charge in [0.05, 0.1) is 33.4 Å². The van der Waals surface area contributed by atoms with Crippen molar-refractivity contribution in [3.63, 3.8) is 0 Å². The lowest BCUT2D eigenvalue weighted by Crippen LogP contribution is -2.17. The van der Waals surface area contributed by atoms with Crippen molar-refractivity contribution in [1.82, 2.24) is 10.9 Å². The molecular formula is C28H22N6O10. The highest BCUT2D eigenvalue weighted by Crippen LogP contribution is 2.26. The molecule has 0 aliphatic carbocycles. The summed E-state index contributed by atoms with van der Waals surface area (Å²) in [5.74, 6) is -2.53. The van der Waals surface area contributed by atoms with Crippen molar-refractivity contribution in [1.29, 1.82) is 0 Å². The number of carbonyl (C=O) groups excluding carboxylic acids is 2. The lowest BCUT2D eigenvalue weighted by Gasteiger charge is -2.02. The van der Waals surface area contributed by atoms with E-state index < -0.39 is 44.5 Å². The summed E-state index contributed by atoms with van der Waals surface area (Å²) in [6.45, 7) is 0. The molecule has 16 heteroatoms. The smallest absolute Gasteiger partial charge is 0.311 e. The van der Waals surface area contributed by atoms with Crippen molar-refractivity contribution in [2.75, 3.05) is 0 Å². The van der Waals surface area contributed by atoms with Crippen LogP contribution in [-0.4, -0.2) is 54.5 Å². The maximum Gasteiger partial charge on any atom is 0.311 e. The summed E-state index contributed by atoms with van der Waals surface area (Å²) in [5.41, 5.74) is 4.20. The van der Waals surface area contributed by atoms with E-state index in [1.54, 1.807) is 24.3 Å². The lowest BCUT2D eigenvalue weighted by molar-refractivity contribution is -0.386. The molecule has 0 radical (unpaired) electrons. The first kappa shape index (κ1) is 31.7. The molecule has 44 heavy (non-hydrogen) atoms. The van der Waals surface area contributed by atoms with Gasteiger partial charge in [-0.15, -0.1) is 0 Å². The average molecular weight is 603 g/mol. The van der Waals surface area contributed by atoms with E-state index in [-0.39, 0.29) is 22.6 Å². The summed E-state index contributed by atoms with van der Waals surface area (Å²) in [4.78, 5) is 43.4. The van der Waals surface area contributed by atoms with Gasteiger partial charge in [0.2, 0.25) is 0 Å². The number of carbonyl (C=O) groups is 2. The number of hydrogen-bond donors (Lipinski definition) is 6. The number of phenolic OH excluding ortho intramolecular Hbond substituents is 4. The molecular weight excluding hydrogens is 580 g/mol. The molecule has 16 nitrogen and oxygen atoms in total. The van der Waals surface area contributed by atoms with Crippen LogP contribution >= 0.6 is 0 Å². The molecule has 0 aliphatic heterocycles. The second kappa shape index (κ2) is 14.7. The van der Waals surface area contributed by atoms with Crippen LogP contribution in [0.25, 0.3) is 0 Å². The maximum absolute atomic E-state index is 11.8. The number of benzene rings is 4. The zero-order valence-electron chi connectivity index (χ0n) is 22.3. The number of hydrogen-bond acceptors (Lipinski definition) is 12. The van der Waals surface area contributed by atoms with Crippen LogP contribution in [0.15, 0.2) is 95.1 Å². The summed E-state index contributed by atoms with van der Waals surface area (Å²) in [6, 6.07) is 19.2. The van der Waals surface area contributed by atoms with Gasteiger partial charge in [0.25, 0.3) is 11.8 Å². The Morgan fingerprint density at radius 3 is 1.30 bits per heavy atom. The number of hydrazone groups is 2. The molecule has 2 amide bonds. The van der Waals surface area contributed by atoms with E-state index in [0.29, 0.717) is 11.1 Å². The van der Waals surface area contributed by atoms with Crippen LogP contribution in [0.1, 0.15) is 31.8 Å². The summed E-state index contributed by atoms with van der Waals surface area (Å²) >= 11 is 0. The van der Waals surface area contributed by atoms with Crippen LogP contribution in [0.3, 0.4) is 0 Å². The number of para-hydroxylation sites is 2. The van der Waals surface area contributed by atoms with Gasteiger partial charge in [-0.25, -0.2) is 10.9 Å². The number of phenols is 4. The molecule has 224 valence electrons. The summed E-state index contributed by atoms with van der Waals surface area (Å²) < 4.78 is 0. The molecule has 0 unspecified atom stereocenters. The third-order valence-electron chi connectivity index (χ3n) is 5.45. The van der Waals surface area contributed by atoms with Gasteiger partial charge in [0.1, 0.15) is 11.5 Å². The molecule has 4 aromatic rings. The van der Waals surface area contributed by atoms with E-state index in [1.165, 1.54) is 48.8 Å². The van der Waals surface area contributed by atoms with Gasteiger partial charge in [-0.2, -0.15) is 10.2 Å². The number of nitro benzene ring substituents is 2. The highest BCUT2D eigenvalue weighted by molar-refractivity contribution is 5.98. The molecule has 0 heterocycles. The van der Waals surface area contributed by atoms with E-state index in [9.17, 15) is 50.2 Å². The molecule has 0 aromatic heterocycles. The first-order valence-corrected chi connectivity index (χ1v) is 12.2. The van der Waals surface area contributed by atoms with Gasteiger partial charge >= 0.3 is 11.4 Å².